The predicted octanol–water partition coefficient (Wildman–Crippen LogP) is 4.46. The van der Waals surface area contributed by atoms with Crippen molar-refractivity contribution in [1.29, 1.82) is 0 Å². The Labute approximate surface area is 133 Å². The van der Waals surface area contributed by atoms with E-state index in [1.165, 1.54) is 11.3 Å². The first-order valence-corrected chi connectivity index (χ1v) is 7.95. The topological polar surface area (TPSA) is 29.9 Å². The minimum absolute atomic E-state index is 0.281. The van der Waals surface area contributed by atoms with E-state index in [0.29, 0.717) is 0 Å². The third kappa shape index (κ3) is 2.74. The van der Waals surface area contributed by atoms with Gasteiger partial charge in [-0.05, 0) is 49.4 Å². The van der Waals surface area contributed by atoms with Crippen LogP contribution in [0, 0.1) is 0 Å². The lowest BCUT2D eigenvalue weighted by Gasteiger charge is -2.18. The summed E-state index contributed by atoms with van der Waals surface area (Å²) in [5.74, 6) is 0. The lowest BCUT2D eigenvalue weighted by Crippen LogP contribution is -2.19. The van der Waals surface area contributed by atoms with Gasteiger partial charge < -0.3 is 5.32 Å². The third-order valence-electron chi connectivity index (χ3n) is 3.68. The normalized spacial score (nSPS) is 12.7. The summed E-state index contributed by atoms with van der Waals surface area (Å²) in [5.41, 5.74) is 4.57. The van der Waals surface area contributed by atoms with Gasteiger partial charge in [-0.15, -0.1) is 0 Å². The molecule has 1 aromatic heterocycles. The van der Waals surface area contributed by atoms with Crippen molar-refractivity contribution < 1.29 is 0 Å². The quantitative estimate of drug-likeness (QED) is 0.757. The van der Waals surface area contributed by atoms with Crippen LogP contribution in [0.15, 0.2) is 53.3 Å². The SMILES string of the molecule is CCNC(C)c1cc(Br)ccc1-n1cnc2ccccc21. The minimum atomic E-state index is 0.281. The molecule has 0 fully saturated rings. The zero-order valence-electron chi connectivity index (χ0n) is 12.2. The van der Waals surface area contributed by atoms with E-state index in [2.05, 4.69) is 68.9 Å². The Hall–Kier alpha value is -1.65. The smallest absolute Gasteiger partial charge is 0.100 e. The Morgan fingerprint density at radius 1 is 1.24 bits per heavy atom. The van der Waals surface area contributed by atoms with Crippen LogP contribution in [0.2, 0.25) is 0 Å². The van der Waals surface area contributed by atoms with E-state index >= 15 is 0 Å². The Kier molecular flexibility index (Phi) is 4.08. The number of aromatic nitrogens is 2. The van der Waals surface area contributed by atoms with Gasteiger partial charge in [0, 0.05) is 10.5 Å². The highest BCUT2D eigenvalue weighted by Crippen LogP contribution is 2.28. The standard InChI is InChI=1S/C17H18BrN3/c1-3-19-12(2)14-10-13(18)8-9-16(14)21-11-20-15-6-4-5-7-17(15)21/h4-12,19H,3H2,1-2H3. The lowest BCUT2D eigenvalue weighted by molar-refractivity contribution is 0.595. The molecule has 3 aromatic rings. The van der Waals surface area contributed by atoms with Crippen molar-refractivity contribution in [2.75, 3.05) is 6.54 Å². The highest BCUT2D eigenvalue weighted by molar-refractivity contribution is 9.10. The number of halogens is 1. The molecule has 3 nitrogen and oxygen atoms in total. The maximum atomic E-state index is 4.49. The van der Waals surface area contributed by atoms with Crippen LogP contribution >= 0.6 is 15.9 Å². The average molecular weight is 344 g/mol. The second kappa shape index (κ2) is 6.00. The van der Waals surface area contributed by atoms with Crippen LogP contribution in [-0.4, -0.2) is 16.1 Å². The summed E-state index contributed by atoms with van der Waals surface area (Å²) in [6.45, 7) is 5.26. The molecule has 0 radical (unpaired) electrons. The van der Waals surface area contributed by atoms with Gasteiger partial charge in [-0.25, -0.2) is 4.98 Å². The molecule has 0 aliphatic rings. The Balaban J connectivity index is 2.17. The van der Waals surface area contributed by atoms with Crippen molar-refractivity contribution in [3.63, 3.8) is 0 Å². The first-order chi connectivity index (χ1) is 10.2. The maximum absolute atomic E-state index is 4.49. The highest BCUT2D eigenvalue weighted by Gasteiger charge is 2.13. The average Bonchev–Trinajstić information content (AvgIpc) is 2.91. The number of hydrogen-bond acceptors (Lipinski definition) is 2. The van der Waals surface area contributed by atoms with Crippen LogP contribution in [0.5, 0.6) is 0 Å². The van der Waals surface area contributed by atoms with Gasteiger partial charge in [-0.2, -0.15) is 0 Å². The van der Waals surface area contributed by atoms with Crippen LogP contribution in [0.25, 0.3) is 16.7 Å². The number of para-hydroxylation sites is 2. The fourth-order valence-corrected chi connectivity index (χ4v) is 3.04. The maximum Gasteiger partial charge on any atom is 0.100 e. The monoisotopic (exact) mass is 343 g/mol. The fourth-order valence-electron chi connectivity index (χ4n) is 2.66. The molecule has 1 unspecified atom stereocenters. The molecule has 0 saturated carbocycles. The van der Waals surface area contributed by atoms with E-state index in [-0.39, 0.29) is 6.04 Å². The van der Waals surface area contributed by atoms with Crippen LogP contribution in [0.3, 0.4) is 0 Å². The molecule has 1 N–H and O–H groups in total. The first-order valence-electron chi connectivity index (χ1n) is 7.16. The van der Waals surface area contributed by atoms with Gasteiger partial charge in [0.1, 0.15) is 6.33 Å². The lowest BCUT2D eigenvalue weighted by atomic mass is 10.1. The summed E-state index contributed by atoms with van der Waals surface area (Å²) in [6.07, 6.45) is 1.90. The van der Waals surface area contributed by atoms with E-state index < -0.39 is 0 Å². The number of fused-ring (bicyclic) bond motifs is 1. The molecule has 108 valence electrons. The third-order valence-corrected chi connectivity index (χ3v) is 4.17. The molecular weight excluding hydrogens is 326 g/mol. The molecule has 4 heteroatoms. The Bertz CT molecular complexity index is 764. The van der Waals surface area contributed by atoms with Crippen LogP contribution in [-0.2, 0) is 0 Å². The zero-order valence-corrected chi connectivity index (χ0v) is 13.8. The second-order valence-corrected chi connectivity index (χ2v) is 6.00. The van der Waals surface area contributed by atoms with Gasteiger partial charge in [0.25, 0.3) is 0 Å². The van der Waals surface area contributed by atoms with Gasteiger partial charge in [0.2, 0.25) is 0 Å². The largest absolute Gasteiger partial charge is 0.310 e. The molecule has 3 rings (SSSR count). The summed E-state index contributed by atoms with van der Waals surface area (Å²) < 4.78 is 3.25. The Morgan fingerprint density at radius 2 is 2.05 bits per heavy atom. The van der Waals surface area contributed by atoms with Gasteiger partial charge in [-0.3, -0.25) is 4.57 Å². The summed E-state index contributed by atoms with van der Waals surface area (Å²) >= 11 is 3.58. The number of imidazole rings is 1. The molecule has 0 aliphatic heterocycles. The van der Waals surface area contributed by atoms with Gasteiger partial charge in [-0.1, -0.05) is 35.0 Å². The van der Waals surface area contributed by atoms with Gasteiger partial charge >= 0.3 is 0 Å². The van der Waals surface area contributed by atoms with Crippen molar-refractivity contribution in [2.24, 2.45) is 0 Å². The summed E-state index contributed by atoms with van der Waals surface area (Å²) in [5, 5.41) is 3.48. The zero-order chi connectivity index (χ0) is 14.8. The molecule has 0 amide bonds. The van der Waals surface area contributed by atoms with Gasteiger partial charge in [0.05, 0.1) is 16.7 Å². The van der Waals surface area contributed by atoms with E-state index in [9.17, 15) is 0 Å². The molecule has 0 saturated heterocycles. The van der Waals surface area contributed by atoms with Crippen molar-refractivity contribution >= 4 is 27.0 Å². The van der Waals surface area contributed by atoms with Crippen LogP contribution in [0.1, 0.15) is 25.5 Å². The van der Waals surface area contributed by atoms with E-state index in [1.54, 1.807) is 0 Å². The van der Waals surface area contributed by atoms with E-state index in [0.717, 1.165) is 22.1 Å². The molecule has 2 aromatic carbocycles. The molecule has 1 atom stereocenters. The van der Waals surface area contributed by atoms with Crippen molar-refractivity contribution in [3.05, 3.63) is 58.8 Å². The first kappa shape index (κ1) is 14.3. The minimum Gasteiger partial charge on any atom is -0.310 e. The van der Waals surface area contributed by atoms with Crippen LogP contribution in [0.4, 0.5) is 0 Å². The summed E-state index contributed by atoms with van der Waals surface area (Å²) in [4.78, 5) is 4.49. The fraction of sp³-hybridized carbons (Fsp3) is 0.235. The summed E-state index contributed by atoms with van der Waals surface area (Å²) in [6, 6.07) is 14.9. The molecule has 0 aliphatic carbocycles. The van der Waals surface area contributed by atoms with E-state index in [4.69, 9.17) is 0 Å². The molecular formula is C17H18BrN3. The molecule has 1 heterocycles. The van der Waals surface area contributed by atoms with Crippen LogP contribution < -0.4 is 5.32 Å². The molecule has 0 bridgehead atoms. The van der Waals surface area contributed by atoms with Gasteiger partial charge in [0.15, 0.2) is 0 Å². The highest BCUT2D eigenvalue weighted by atomic mass is 79.9. The number of rotatable bonds is 4. The van der Waals surface area contributed by atoms with E-state index in [1.807, 2.05) is 24.5 Å². The second-order valence-electron chi connectivity index (χ2n) is 5.09. The predicted molar refractivity (Wildman–Crippen MR) is 90.9 cm³/mol. The summed E-state index contributed by atoms with van der Waals surface area (Å²) in [7, 11) is 0. The van der Waals surface area contributed by atoms with Crippen molar-refractivity contribution in [2.45, 2.75) is 19.9 Å². The Morgan fingerprint density at radius 3 is 2.86 bits per heavy atom. The number of nitrogens with one attached hydrogen (secondary N) is 1. The number of nitrogens with zero attached hydrogens (tertiary/aromatic N) is 2. The molecule has 21 heavy (non-hydrogen) atoms. The number of benzene rings is 2. The van der Waals surface area contributed by atoms with Crippen molar-refractivity contribution in [3.8, 4) is 5.69 Å². The molecule has 0 spiro atoms. The van der Waals surface area contributed by atoms with Crippen molar-refractivity contribution in [1.82, 2.24) is 14.9 Å². The number of hydrogen-bond donors (Lipinski definition) is 1.